The smallest absolute Gasteiger partial charge is 0.191 e. The highest BCUT2D eigenvalue weighted by atomic mass is 127. The largest absolute Gasteiger partial charge is 0.383 e. The number of thiophene rings is 1. The molecule has 3 N–H and O–H groups in total. The van der Waals surface area contributed by atoms with Gasteiger partial charge in [-0.15, -0.1) is 24.0 Å². The second kappa shape index (κ2) is 13.4. The molecule has 3 rings (SSSR count). The summed E-state index contributed by atoms with van der Waals surface area (Å²) < 4.78 is 0. The van der Waals surface area contributed by atoms with Gasteiger partial charge in [0.1, 0.15) is 5.60 Å². The fraction of sp³-hybridized carbons (Fsp3) is 0.522. The molecule has 0 amide bonds. The van der Waals surface area contributed by atoms with Crippen LogP contribution in [-0.2, 0) is 12.1 Å². The lowest BCUT2D eigenvalue weighted by Crippen LogP contribution is -2.49. The Kier molecular flexibility index (Phi) is 11.2. The van der Waals surface area contributed by atoms with E-state index in [0.29, 0.717) is 6.54 Å². The Labute approximate surface area is 207 Å². The number of rotatable bonds is 9. The van der Waals surface area contributed by atoms with Gasteiger partial charge in [-0.25, -0.2) is 4.99 Å². The zero-order valence-electron chi connectivity index (χ0n) is 18.6. The number of aliphatic imine (C=N–C) groups is 1. The summed E-state index contributed by atoms with van der Waals surface area (Å²) in [6, 6.07) is 12.7. The van der Waals surface area contributed by atoms with Gasteiger partial charge in [0.25, 0.3) is 0 Å². The van der Waals surface area contributed by atoms with Crippen LogP contribution in [0.3, 0.4) is 0 Å². The van der Waals surface area contributed by atoms with Crippen molar-refractivity contribution in [2.75, 3.05) is 52.4 Å². The molecule has 0 bridgehead atoms. The van der Waals surface area contributed by atoms with E-state index in [1.54, 1.807) is 11.3 Å². The van der Waals surface area contributed by atoms with Gasteiger partial charge in [0.2, 0.25) is 0 Å². The summed E-state index contributed by atoms with van der Waals surface area (Å²) in [4.78, 5) is 9.63. The van der Waals surface area contributed by atoms with Gasteiger partial charge in [0.05, 0.1) is 6.54 Å². The highest BCUT2D eigenvalue weighted by Crippen LogP contribution is 2.23. The third kappa shape index (κ3) is 8.69. The average molecular weight is 558 g/mol. The maximum absolute atomic E-state index is 10.7. The summed E-state index contributed by atoms with van der Waals surface area (Å²) in [5, 5.41) is 21.3. The molecule has 1 aliphatic rings. The standard InChI is InChI=1S/C23H35N5OS.HI/c1-3-24-22(26-19-23(2,29)21-9-16-30-18-21)25-10-11-27-12-14-28(15-13-27)17-20-7-5-4-6-8-20;/h4-9,16,18,29H,3,10-15,17,19H2,1-2H3,(H2,24,25,26);1H. The minimum absolute atomic E-state index is 0. The van der Waals surface area contributed by atoms with Gasteiger partial charge in [-0.2, -0.15) is 11.3 Å². The summed E-state index contributed by atoms with van der Waals surface area (Å²) in [5.74, 6) is 0.760. The monoisotopic (exact) mass is 557 g/mol. The van der Waals surface area contributed by atoms with Crippen molar-refractivity contribution >= 4 is 41.3 Å². The molecule has 6 nitrogen and oxygen atoms in total. The van der Waals surface area contributed by atoms with Crippen LogP contribution in [0.15, 0.2) is 52.2 Å². The number of hydrogen-bond donors (Lipinski definition) is 3. The SMILES string of the molecule is CCNC(=NCC(C)(O)c1ccsc1)NCCN1CCN(Cc2ccccc2)CC1.I. The molecule has 0 spiro atoms. The highest BCUT2D eigenvalue weighted by molar-refractivity contribution is 14.0. The van der Waals surface area contributed by atoms with E-state index in [0.717, 1.165) is 63.9 Å². The molecule has 1 fully saturated rings. The van der Waals surface area contributed by atoms with Crippen LogP contribution >= 0.6 is 35.3 Å². The second-order valence-electron chi connectivity index (χ2n) is 8.01. The summed E-state index contributed by atoms with van der Waals surface area (Å²) in [6.07, 6.45) is 0. The molecule has 1 saturated heterocycles. The van der Waals surface area contributed by atoms with Crippen molar-refractivity contribution in [3.05, 3.63) is 58.3 Å². The number of hydrogen-bond acceptors (Lipinski definition) is 5. The number of halogens is 1. The van der Waals surface area contributed by atoms with E-state index < -0.39 is 5.60 Å². The third-order valence-corrected chi connectivity index (χ3v) is 6.15. The Morgan fingerprint density at radius 3 is 2.45 bits per heavy atom. The van der Waals surface area contributed by atoms with Crippen LogP contribution in [0, 0.1) is 0 Å². The fourth-order valence-corrected chi connectivity index (χ4v) is 4.36. The van der Waals surface area contributed by atoms with Crippen molar-refractivity contribution < 1.29 is 5.11 Å². The molecule has 2 aromatic rings. The number of aliphatic hydroxyl groups is 1. The van der Waals surface area contributed by atoms with Crippen LogP contribution in [0.5, 0.6) is 0 Å². The third-order valence-electron chi connectivity index (χ3n) is 5.47. The van der Waals surface area contributed by atoms with Gasteiger partial charge in [-0.05, 0) is 41.8 Å². The van der Waals surface area contributed by atoms with Gasteiger partial charge in [0.15, 0.2) is 5.96 Å². The molecular weight excluding hydrogens is 521 g/mol. The summed E-state index contributed by atoms with van der Waals surface area (Å²) in [7, 11) is 0. The van der Waals surface area contributed by atoms with Crippen molar-refractivity contribution in [1.82, 2.24) is 20.4 Å². The van der Waals surface area contributed by atoms with Crippen LogP contribution in [0.4, 0.5) is 0 Å². The Balaban J connectivity index is 0.00000341. The normalized spacial score (nSPS) is 17.6. The van der Waals surface area contributed by atoms with Gasteiger partial charge in [-0.1, -0.05) is 30.3 Å². The Morgan fingerprint density at radius 1 is 1.10 bits per heavy atom. The molecule has 1 aromatic carbocycles. The van der Waals surface area contributed by atoms with Crippen molar-refractivity contribution in [2.24, 2.45) is 4.99 Å². The van der Waals surface area contributed by atoms with Crippen molar-refractivity contribution in [3.8, 4) is 0 Å². The number of piperazine rings is 1. The zero-order chi connectivity index (χ0) is 21.2. The van der Waals surface area contributed by atoms with Gasteiger partial charge in [-0.3, -0.25) is 9.80 Å². The van der Waals surface area contributed by atoms with Gasteiger partial charge < -0.3 is 15.7 Å². The lowest BCUT2D eigenvalue weighted by molar-refractivity contribution is 0.0677. The lowest BCUT2D eigenvalue weighted by Gasteiger charge is -2.34. The van der Waals surface area contributed by atoms with Gasteiger partial charge in [0, 0.05) is 52.4 Å². The lowest BCUT2D eigenvalue weighted by atomic mass is 10.00. The van der Waals surface area contributed by atoms with Crippen LogP contribution in [0.1, 0.15) is 25.0 Å². The number of benzene rings is 1. The summed E-state index contributed by atoms with van der Waals surface area (Å²) >= 11 is 1.59. The van der Waals surface area contributed by atoms with E-state index in [9.17, 15) is 5.11 Å². The number of nitrogens with zero attached hydrogens (tertiary/aromatic N) is 3. The van der Waals surface area contributed by atoms with E-state index in [-0.39, 0.29) is 24.0 Å². The molecule has 1 aliphatic heterocycles. The Hall–Kier alpha value is -1.20. The quantitative estimate of drug-likeness (QED) is 0.252. The fourth-order valence-electron chi connectivity index (χ4n) is 3.58. The van der Waals surface area contributed by atoms with Crippen molar-refractivity contribution in [3.63, 3.8) is 0 Å². The first-order valence-corrected chi connectivity index (χ1v) is 11.8. The average Bonchev–Trinajstić information content (AvgIpc) is 3.30. The molecule has 1 unspecified atom stereocenters. The zero-order valence-corrected chi connectivity index (χ0v) is 21.7. The first kappa shape index (κ1) is 26.1. The Morgan fingerprint density at radius 2 is 1.81 bits per heavy atom. The first-order valence-electron chi connectivity index (χ1n) is 10.8. The van der Waals surface area contributed by atoms with Crippen LogP contribution in [-0.4, -0.2) is 73.2 Å². The van der Waals surface area contributed by atoms with Gasteiger partial charge >= 0.3 is 0 Å². The molecule has 1 atom stereocenters. The molecule has 8 heteroatoms. The topological polar surface area (TPSA) is 63.1 Å². The summed E-state index contributed by atoms with van der Waals surface area (Å²) in [5.41, 5.74) is 1.36. The van der Waals surface area contributed by atoms with E-state index in [1.165, 1.54) is 5.56 Å². The molecule has 0 saturated carbocycles. The van der Waals surface area contributed by atoms with Crippen molar-refractivity contribution in [2.45, 2.75) is 26.0 Å². The molecule has 1 aromatic heterocycles. The van der Waals surface area contributed by atoms with Crippen LogP contribution in [0.25, 0.3) is 0 Å². The van der Waals surface area contributed by atoms with E-state index in [1.807, 2.05) is 23.8 Å². The Bertz CT molecular complexity index is 762. The van der Waals surface area contributed by atoms with Crippen molar-refractivity contribution in [1.29, 1.82) is 0 Å². The number of guanidine groups is 1. The number of nitrogens with one attached hydrogen (secondary N) is 2. The summed E-state index contributed by atoms with van der Waals surface area (Å²) in [6.45, 7) is 12.3. The molecule has 0 radical (unpaired) electrons. The minimum atomic E-state index is -0.947. The van der Waals surface area contributed by atoms with Crippen LogP contribution < -0.4 is 10.6 Å². The second-order valence-corrected chi connectivity index (χ2v) is 8.79. The van der Waals surface area contributed by atoms with E-state index in [2.05, 4.69) is 62.7 Å². The highest BCUT2D eigenvalue weighted by Gasteiger charge is 2.23. The maximum atomic E-state index is 10.7. The molecule has 31 heavy (non-hydrogen) atoms. The van der Waals surface area contributed by atoms with E-state index in [4.69, 9.17) is 0 Å². The molecule has 172 valence electrons. The maximum Gasteiger partial charge on any atom is 0.191 e. The first-order chi connectivity index (χ1) is 14.6. The molecular formula is C23H36IN5OS. The predicted molar refractivity (Wildman–Crippen MR) is 141 cm³/mol. The minimum Gasteiger partial charge on any atom is -0.383 e. The van der Waals surface area contributed by atoms with Crippen LogP contribution in [0.2, 0.25) is 0 Å². The molecule has 0 aliphatic carbocycles. The molecule has 2 heterocycles. The predicted octanol–water partition coefficient (Wildman–Crippen LogP) is 2.95. The van der Waals surface area contributed by atoms with E-state index >= 15 is 0 Å².